The fraction of sp³-hybridized carbons (Fsp3) is 0.189. The Bertz CT molecular complexity index is 6450. The summed E-state index contributed by atoms with van der Waals surface area (Å²) < 4.78 is 105. The highest BCUT2D eigenvalue weighted by molar-refractivity contribution is 7.90. The van der Waals surface area contributed by atoms with E-state index in [1.54, 1.807) is 73.2 Å². The van der Waals surface area contributed by atoms with Crippen molar-refractivity contribution in [2.75, 3.05) is 19.8 Å². The molecule has 0 saturated heterocycles. The lowest BCUT2D eigenvalue weighted by molar-refractivity contribution is 0.0967. The minimum Gasteiger partial charge on any atom is -0.494 e. The van der Waals surface area contributed by atoms with Crippen LogP contribution in [-0.4, -0.2) is 92.3 Å². The van der Waals surface area contributed by atoms with Crippen molar-refractivity contribution in [3.05, 3.63) is 330 Å². The number of sulfonamides is 3. The van der Waals surface area contributed by atoms with Gasteiger partial charge in [0, 0.05) is 85.4 Å². The Balaban J connectivity index is 0.000000158. The summed E-state index contributed by atoms with van der Waals surface area (Å²) in [6.07, 6.45) is 10.4. The predicted molar refractivity (Wildman–Crippen MR) is 483 cm³/mol. The van der Waals surface area contributed by atoms with E-state index < -0.39 is 47.8 Å². The topological polar surface area (TPSA) is 295 Å². The van der Waals surface area contributed by atoms with E-state index in [1.807, 2.05) is 195 Å². The molecular formula is C95H90Cl3N9O12S3. The smallest absolute Gasteiger partial charge is 0.281 e. The molecule has 0 bridgehead atoms. The average molecular weight is 1750 g/mol. The summed E-state index contributed by atoms with van der Waals surface area (Å²) in [5.41, 5.74) is 18.0. The van der Waals surface area contributed by atoms with Gasteiger partial charge in [0.15, 0.2) is 0 Å². The van der Waals surface area contributed by atoms with Gasteiger partial charge in [-0.2, -0.15) is 0 Å². The van der Waals surface area contributed by atoms with Gasteiger partial charge in [-0.05, 0) is 258 Å². The minimum atomic E-state index is -4.07. The molecule has 0 unspecified atom stereocenters. The number of aromatic nitrogens is 6. The lowest BCUT2D eigenvalue weighted by atomic mass is 9.98. The van der Waals surface area contributed by atoms with Crippen LogP contribution in [0.3, 0.4) is 0 Å². The molecule has 626 valence electrons. The number of hydrogen-bond acceptors (Lipinski definition) is 14. The van der Waals surface area contributed by atoms with Crippen molar-refractivity contribution in [1.29, 1.82) is 0 Å². The van der Waals surface area contributed by atoms with E-state index in [1.165, 1.54) is 36.4 Å². The number of para-hydroxylation sites is 3. The summed E-state index contributed by atoms with van der Waals surface area (Å²) in [5, 5.41) is 4.70. The SMILES string of the molecule is Cc1cc(OCCCc2c(C(=O)NS(=O)(=O)c3ccccc3)[nH]c3c(-c4cccn4C)cccc23)cc(C)c1Cl.Cc1cccnc1-c1cccc2c(CCCOc3cc(C)c(Cl)c(C)c3)c(C(=O)NS(=O)(=O)c3ccccc3)[nH]c12.Cc1cnccc1-c1cccc2c(CCCOc3cc(C)c(Cl)c(C)c3)c(C(=O)NS(=O)(=O)c3ccccc3)[nH]c12. The van der Waals surface area contributed by atoms with Crippen molar-refractivity contribution in [3.8, 4) is 50.9 Å². The van der Waals surface area contributed by atoms with Crippen LogP contribution >= 0.6 is 34.8 Å². The molecular weight excluding hydrogens is 1660 g/mol. The summed E-state index contributed by atoms with van der Waals surface area (Å²) in [6.45, 7) is 16.8. The first kappa shape index (κ1) is 87.5. The normalized spacial score (nSPS) is 11.5. The van der Waals surface area contributed by atoms with Crippen LogP contribution < -0.4 is 28.4 Å². The number of carbonyl (C=O) groups excluding carboxylic acids is 3. The molecule has 0 radical (unpaired) electrons. The van der Waals surface area contributed by atoms with Gasteiger partial charge in [-0.1, -0.05) is 150 Å². The van der Waals surface area contributed by atoms with Crippen molar-refractivity contribution in [3.63, 3.8) is 0 Å². The van der Waals surface area contributed by atoms with Gasteiger partial charge in [-0.15, -0.1) is 0 Å². The van der Waals surface area contributed by atoms with Gasteiger partial charge >= 0.3 is 0 Å². The zero-order valence-corrected chi connectivity index (χ0v) is 73.2. The molecule has 122 heavy (non-hydrogen) atoms. The highest BCUT2D eigenvalue weighted by Crippen LogP contribution is 2.39. The molecule has 0 aliphatic carbocycles. The third kappa shape index (κ3) is 20.0. The van der Waals surface area contributed by atoms with Crippen molar-refractivity contribution in [2.45, 2.75) is 109 Å². The third-order valence-electron chi connectivity index (χ3n) is 20.9. The lowest BCUT2D eigenvalue weighted by Crippen LogP contribution is -2.31. The fourth-order valence-electron chi connectivity index (χ4n) is 14.9. The second-order valence-corrected chi connectivity index (χ2v) is 35.9. The summed E-state index contributed by atoms with van der Waals surface area (Å²) in [5.74, 6) is 0.0267. The van der Waals surface area contributed by atoms with Crippen LogP contribution in [0.1, 0.15) is 112 Å². The van der Waals surface area contributed by atoms with Crippen LogP contribution in [0.25, 0.3) is 66.4 Å². The van der Waals surface area contributed by atoms with Crippen LogP contribution in [0.5, 0.6) is 17.2 Å². The molecule has 0 aliphatic heterocycles. The number of H-pyrrole nitrogens is 3. The van der Waals surface area contributed by atoms with Crippen molar-refractivity contribution < 1.29 is 53.8 Å². The number of nitrogens with zero attached hydrogens (tertiary/aromatic N) is 3. The summed E-state index contributed by atoms with van der Waals surface area (Å²) in [6, 6.07) is 62.1. The van der Waals surface area contributed by atoms with E-state index in [0.29, 0.717) is 63.9 Å². The second kappa shape index (κ2) is 38.2. The molecule has 15 rings (SSSR count). The van der Waals surface area contributed by atoms with Crippen molar-refractivity contribution in [2.24, 2.45) is 7.05 Å². The van der Waals surface area contributed by atoms with Crippen LogP contribution in [0.15, 0.2) is 252 Å². The van der Waals surface area contributed by atoms with Gasteiger partial charge in [-0.25, -0.2) is 39.4 Å². The Morgan fingerprint density at radius 1 is 0.377 bits per heavy atom. The maximum atomic E-state index is 13.5. The summed E-state index contributed by atoms with van der Waals surface area (Å²) in [7, 11) is -10.2. The number of pyridine rings is 2. The first-order valence-electron chi connectivity index (χ1n) is 39.4. The van der Waals surface area contributed by atoms with Gasteiger partial charge in [0.25, 0.3) is 47.8 Å². The number of amides is 3. The Morgan fingerprint density at radius 2 is 0.730 bits per heavy atom. The van der Waals surface area contributed by atoms with Gasteiger partial charge in [-0.3, -0.25) is 24.4 Å². The molecule has 0 atom stereocenters. The molecule has 9 aromatic carbocycles. The second-order valence-electron chi connectivity index (χ2n) is 29.7. The standard InChI is InChI=1S/2C32H30ClN3O4S.C31H30ClN3O4S/c1-20-10-8-16-34-29(20)27-14-7-13-25-26(15-9-17-40-23-18-21(2)28(33)22(3)19-23)31(35-30(25)27)32(37)36-41(38,39)24-11-5-4-6-12-24;1-20-17-23(18-21(2)29(20)33)40-16-8-13-28-27-12-7-11-26(25-14-15-34-19-22(25)3)30(27)35-31(28)32(37)36-41(38,39)24-9-5-4-6-10-24;1-20-18-22(19-21(2)28(20)32)39-17-9-14-25-24-12-7-13-26(27-15-8-16-35(27)3)29(24)33-30(25)31(36)34-40(37,38)23-10-5-4-6-11-23/h4-8,10-14,16,18-19,35H,9,15,17H2,1-3H3,(H,36,37);4-7,9-12,14-15,17-19,35H,8,13,16H2,1-3H3,(H,36,37);4-8,10-13,15-16,18-19,33H,9,14,17H2,1-3H3,(H,34,36). The first-order valence-corrected chi connectivity index (χ1v) is 45.0. The Morgan fingerprint density at radius 3 is 1.08 bits per heavy atom. The number of aromatic amines is 3. The molecule has 21 nitrogen and oxygen atoms in total. The Labute approximate surface area is 724 Å². The number of benzene rings is 9. The fourth-order valence-corrected chi connectivity index (χ4v) is 18.1. The molecule has 0 saturated carbocycles. The van der Waals surface area contributed by atoms with E-state index in [9.17, 15) is 39.6 Å². The number of rotatable bonds is 27. The Hall–Kier alpha value is -12.3. The molecule has 3 amide bonds. The molecule has 0 fully saturated rings. The van der Waals surface area contributed by atoms with Crippen LogP contribution in [0, 0.1) is 55.4 Å². The number of nitrogens with one attached hydrogen (secondary N) is 6. The van der Waals surface area contributed by atoms with Gasteiger partial charge in [0.05, 0.1) is 56.8 Å². The van der Waals surface area contributed by atoms with E-state index in [2.05, 4.69) is 39.1 Å². The molecule has 27 heteroatoms. The van der Waals surface area contributed by atoms with Gasteiger partial charge < -0.3 is 33.7 Å². The number of carbonyl (C=O) groups is 3. The molecule has 15 aromatic rings. The quantitative estimate of drug-likeness (QED) is 0.0261. The van der Waals surface area contributed by atoms with E-state index in [-0.39, 0.29) is 31.8 Å². The molecule has 0 spiro atoms. The highest BCUT2D eigenvalue weighted by atomic mass is 35.5. The molecule has 6 heterocycles. The van der Waals surface area contributed by atoms with E-state index in [0.717, 1.165) is 154 Å². The summed E-state index contributed by atoms with van der Waals surface area (Å²) in [4.78, 5) is 59.1. The van der Waals surface area contributed by atoms with E-state index in [4.69, 9.17) is 49.0 Å². The summed E-state index contributed by atoms with van der Waals surface area (Å²) >= 11 is 18.9. The molecule has 6 aromatic heterocycles. The van der Waals surface area contributed by atoms with Crippen LogP contribution in [-0.2, 0) is 56.4 Å². The Kier molecular flexibility index (Phi) is 27.4. The molecule has 6 N–H and O–H groups in total. The average Bonchev–Trinajstić information content (AvgIpc) is 1.62. The zero-order valence-electron chi connectivity index (χ0n) is 68.5. The third-order valence-corrected chi connectivity index (χ3v) is 26.7. The monoisotopic (exact) mass is 1750 g/mol. The lowest BCUT2D eigenvalue weighted by Gasteiger charge is -2.11. The number of fused-ring (bicyclic) bond motifs is 3. The highest BCUT2D eigenvalue weighted by Gasteiger charge is 2.30. The number of halogens is 3. The van der Waals surface area contributed by atoms with E-state index >= 15 is 0 Å². The number of hydrogen-bond donors (Lipinski definition) is 6. The van der Waals surface area contributed by atoms with Crippen molar-refractivity contribution in [1.82, 2.24) is 43.7 Å². The van der Waals surface area contributed by atoms with Gasteiger partial charge in [0.1, 0.15) is 34.3 Å². The maximum absolute atomic E-state index is 13.5. The van der Waals surface area contributed by atoms with Crippen LogP contribution in [0.4, 0.5) is 0 Å². The number of ether oxygens (including phenoxy) is 3. The van der Waals surface area contributed by atoms with Crippen molar-refractivity contribution >= 4 is 115 Å². The zero-order chi connectivity index (χ0) is 86.7. The maximum Gasteiger partial charge on any atom is 0.281 e. The van der Waals surface area contributed by atoms with Gasteiger partial charge in [0.2, 0.25) is 0 Å². The predicted octanol–water partition coefficient (Wildman–Crippen LogP) is 20.5. The minimum absolute atomic E-state index is 0.0118. The first-order chi connectivity index (χ1) is 58.5. The van der Waals surface area contributed by atoms with Crippen LogP contribution in [0.2, 0.25) is 15.1 Å². The largest absolute Gasteiger partial charge is 0.494 e. The number of aryl methyl sites for hydroxylation is 12. The molecule has 0 aliphatic rings.